The number of fused-ring (bicyclic) bond motifs is 3. The van der Waals surface area contributed by atoms with Crippen molar-refractivity contribution < 1.29 is 0 Å². The summed E-state index contributed by atoms with van der Waals surface area (Å²) in [4.78, 5) is 31.2. The Balaban J connectivity index is 1.41. The molecule has 176 valence electrons. The monoisotopic (exact) mass is 458 g/mol. The zero-order chi connectivity index (χ0) is 23.8. The van der Waals surface area contributed by atoms with E-state index in [-0.39, 0.29) is 5.56 Å². The maximum Gasteiger partial charge on any atom is 0.276 e. The molecule has 0 saturated carbocycles. The average molecular weight is 459 g/mol. The van der Waals surface area contributed by atoms with Crippen molar-refractivity contribution in [3.63, 3.8) is 0 Å². The Morgan fingerprint density at radius 2 is 2.03 bits per heavy atom. The first-order valence-electron chi connectivity index (χ1n) is 11.6. The lowest BCUT2D eigenvalue weighted by molar-refractivity contribution is 0.249. The van der Waals surface area contributed by atoms with Crippen LogP contribution in [0.25, 0.3) is 16.6 Å². The number of nitrogens with zero attached hydrogens (tertiary/aromatic N) is 7. The number of aryl methyl sites for hydroxylation is 1. The molecule has 1 N–H and O–H groups in total. The second-order valence-electron chi connectivity index (χ2n) is 9.04. The third-order valence-electron chi connectivity index (χ3n) is 6.64. The lowest BCUT2D eigenvalue weighted by Gasteiger charge is -2.37. The number of rotatable bonds is 6. The molecule has 1 aliphatic heterocycles. The molecule has 0 atom stereocenters. The number of piperidine rings is 1. The van der Waals surface area contributed by atoms with E-state index in [9.17, 15) is 4.79 Å². The average Bonchev–Trinajstić information content (AvgIpc) is 3.32. The minimum atomic E-state index is -0.176. The summed E-state index contributed by atoms with van der Waals surface area (Å²) in [5.41, 5.74) is 4.33. The molecular formula is C25H30N8O. The van der Waals surface area contributed by atoms with Gasteiger partial charge in [-0.1, -0.05) is 6.08 Å². The molecule has 0 radical (unpaired) electrons. The van der Waals surface area contributed by atoms with E-state index in [0.29, 0.717) is 35.1 Å². The number of benzene rings is 1. The summed E-state index contributed by atoms with van der Waals surface area (Å²) in [6.45, 7) is 8.38. The predicted octanol–water partition coefficient (Wildman–Crippen LogP) is 3.21. The molecule has 4 heterocycles. The van der Waals surface area contributed by atoms with Gasteiger partial charge in [0.1, 0.15) is 5.52 Å². The van der Waals surface area contributed by atoms with Gasteiger partial charge < -0.3 is 15.1 Å². The van der Waals surface area contributed by atoms with Gasteiger partial charge in [-0.3, -0.25) is 4.79 Å². The summed E-state index contributed by atoms with van der Waals surface area (Å²) in [5, 5.41) is 3.73. The molecule has 9 heteroatoms. The first kappa shape index (κ1) is 22.1. The summed E-state index contributed by atoms with van der Waals surface area (Å²) >= 11 is 0. The van der Waals surface area contributed by atoms with E-state index in [2.05, 4.69) is 75.9 Å². The zero-order valence-electron chi connectivity index (χ0n) is 19.9. The van der Waals surface area contributed by atoms with Crippen molar-refractivity contribution in [3.05, 3.63) is 65.4 Å². The topological polar surface area (TPSA) is 83.6 Å². The number of nitrogens with one attached hydrogen (secondary N) is 1. The van der Waals surface area contributed by atoms with Gasteiger partial charge in [-0.15, -0.1) is 6.58 Å². The van der Waals surface area contributed by atoms with Crippen LogP contribution in [0, 0.1) is 6.92 Å². The summed E-state index contributed by atoms with van der Waals surface area (Å²) < 4.78 is 3.28. The molecule has 4 aromatic rings. The van der Waals surface area contributed by atoms with Crippen LogP contribution in [0.4, 0.5) is 17.3 Å². The molecule has 0 unspecified atom stereocenters. The molecule has 34 heavy (non-hydrogen) atoms. The maximum absolute atomic E-state index is 12.9. The molecule has 1 aromatic carbocycles. The van der Waals surface area contributed by atoms with Crippen molar-refractivity contribution in [1.82, 2.24) is 29.0 Å². The molecule has 0 spiro atoms. The van der Waals surface area contributed by atoms with E-state index in [0.717, 1.165) is 18.8 Å². The van der Waals surface area contributed by atoms with E-state index in [4.69, 9.17) is 0 Å². The van der Waals surface area contributed by atoms with Gasteiger partial charge in [0.25, 0.3) is 5.56 Å². The van der Waals surface area contributed by atoms with Crippen molar-refractivity contribution in [2.75, 3.05) is 37.4 Å². The van der Waals surface area contributed by atoms with Gasteiger partial charge in [-0.25, -0.2) is 24.1 Å². The molecule has 5 rings (SSSR count). The fourth-order valence-corrected chi connectivity index (χ4v) is 4.80. The fourth-order valence-electron chi connectivity index (χ4n) is 4.80. The highest BCUT2D eigenvalue weighted by Crippen LogP contribution is 2.28. The molecule has 0 amide bonds. The third-order valence-corrected chi connectivity index (χ3v) is 6.64. The molecule has 3 aromatic heterocycles. The minimum absolute atomic E-state index is 0.176. The van der Waals surface area contributed by atoms with Gasteiger partial charge in [0.15, 0.2) is 5.65 Å². The molecule has 1 saturated heterocycles. The van der Waals surface area contributed by atoms with Gasteiger partial charge in [0.05, 0.1) is 11.9 Å². The standard InChI is InChI=1S/C25H30N8O/c1-5-11-33-24(34)20-16-27-25(29-22(20)23-26-10-14-32(23)33)28-18-6-7-21(17(2)15-18)31-12-8-19(9-13-31)30(3)4/h5-7,10,14-16,19H,1,8-9,11-13H2,2-4H3,(H,27,28,29). The van der Waals surface area contributed by atoms with Gasteiger partial charge in [0.2, 0.25) is 5.95 Å². The Kier molecular flexibility index (Phi) is 5.79. The van der Waals surface area contributed by atoms with Gasteiger partial charge in [-0.05, 0) is 57.6 Å². The SMILES string of the molecule is C=CCn1c(=O)c2cnc(Nc3ccc(N4CCC(N(C)C)CC4)c(C)c3)nc2c2nccn21. The van der Waals surface area contributed by atoms with Crippen molar-refractivity contribution in [1.29, 1.82) is 0 Å². The Hall–Kier alpha value is -3.72. The normalized spacial score (nSPS) is 14.9. The fraction of sp³-hybridized carbons (Fsp3) is 0.360. The number of anilines is 3. The minimum Gasteiger partial charge on any atom is -0.371 e. The smallest absolute Gasteiger partial charge is 0.276 e. The molecule has 1 fully saturated rings. The summed E-state index contributed by atoms with van der Waals surface area (Å²) in [6.07, 6.45) is 9.00. The van der Waals surface area contributed by atoms with Crippen LogP contribution in [0.1, 0.15) is 18.4 Å². The highest BCUT2D eigenvalue weighted by atomic mass is 16.1. The quantitative estimate of drug-likeness (QED) is 0.444. The number of hydrogen-bond acceptors (Lipinski definition) is 7. The second-order valence-corrected chi connectivity index (χ2v) is 9.04. The molecule has 9 nitrogen and oxygen atoms in total. The summed E-state index contributed by atoms with van der Waals surface area (Å²) in [6, 6.07) is 7.00. The van der Waals surface area contributed by atoms with Crippen LogP contribution in [0.5, 0.6) is 0 Å². The Labute approximate surface area is 198 Å². The Morgan fingerprint density at radius 1 is 1.24 bits per heavy atom. The maximum atomic E-state index is 12.9. The van der Waals surface area contributed by atoms with Gasteiger partial charge in [0, 0.05) is 49.1 Å². The van der Waals surface area contributed by atoms with E-state index >= 15 is 0 Å². The van der Waals surface area contributed by atoms with Crippen LogP contribution in [0.15, 0.2) is 54.2 Å². The summed E-state index contributed by atoms with van der Waals surface area (Å²) in [7, 11) is 4.32. The van der Waals surface area contributed by atoms with E-state index < -0.39 is 0 Å². The highest BCUT2D eigenvalue weighted by molar-refractivity contribution is 5.89. The molecular weight excluding hydrogens is 428 g/mol. The van der Waals surface area contributed by atoms with E-state index in [1.54, 1.807) is 33.9 Å². The largest absolute Gasteiger partial charge is 0.371 e. The van der Waals surface area contributed by atoms with E-state index in [1.807, 2.05) is 0 Å². The number of aromatic nitrogens is 5. The molecule has 1 aliphatic rings. The van der Waals surface area contributed by atoms with Crippen molar-refractivity contribution in [3.8, 4) is 0 Å². The zero-order valence-corrected chi connectivity index (χ0v) is 19.9. The van der Waals surface area contributed by atoms with Crippen molar-refractivity contribution >= 4 is 33.9 Å². The number of imidazole rings is 1. The van der Waals surface area contributed by atoms with Crippen LogP contribution in [0.2, 0.25) is 0 Å². The number of hydrogen-bond donors (Lipinski definition) is 1. The summed E-state index contributed by atoms with van der Waals surface area (Å²) in [5.74, 6) is 0.428. The Morgan fingerprint density at radius 3 is 2.74 bits per heavy atom. The third kappa shape index (κ3) is 3.92. The van der Waals surface area contributed by atoms with Crippen LogP contribution in [-0.4, -0.2) is 62.3 Å². The van der Waals surface area contributed by atoms with Crippen LogP contribution in [0.3, 0.4) is 0 Å². The predicted molar refractivity (Wildman–Crippen MR) is 136 cm³/mol. The van der Waals surface area contributed by atoms with Crippen LogP contribution >= 0.6 is 0 Å². The highest BCUT2D eigenvalue weighted by Gasteiger charge is 2.22. The lowest BCUT2D eigenvalue weighted by Crippen LogP contribution is -2.42. The first-order chi connectivity index (χ1) is 16.5. The Bertz CT molecular complexity index is 1410. The first-order valence-corrected chi connectivity index (χ1v) is 11.6. The van der Waals surface area contributed by atoms with Crippen LogP contribution < -0.4 is 15.8 Å². The molecule has 0 bridgehead atoms. The number of allylic oxidation sites excluding steroid dienone is 1. The van der Waals surface area contributed by atoms with Crippen molar-refractivity contribution in [2.45, 2.75) is 32.4 Å². The van der Waals surface area contributed by atoms with Gasteiger partial charge in [-0.2, -0.15) is 0 Å². The van der Waals surface area contributed by atoms with Gasteiger partial charge >= 0.3 is 0 Å². The lowest BCUT2D eigenvalue weighted by atomic mass is 10.0. The van der Waals surface area contributed by atoms with Crippen LogP contribution in [-0.2, 0) is 6.54 Å². The molecule has 0 aliphatic carbocycles. The van der Waals surface area contributed by atoms with E-state index in [1.165, 1.54) is 24.1 Å². The van der Waals surface area contributed by atoms with Crippen molar-refractivity contribution in [2.24, 2.45) is 0 Å². The second kappa shape index (κ2) is 8.90.